The van der Waals surface area contributed by atoms with Gasteiger partial charge in [-0.25, -0.2) is 4.98 Å². The highest BCUT2D eigenvalue weighted by atomic mass is 32.1. The number of rotatable bonds is 8. The van der Waals surface area contributed by atoms with Gasteiger partial charge in [-0.15, -0.1) is 0 Å². The molecule has 0 aromatic carbocycles. The molecule has 0 unspecified atom stereocenters. The van der Waals surface area contributed by atoms with Crippen molar-refractivity contribution in [3.63, 3.8) is 0 Å². The van der Waals surface area contributed by atoms with Crippen molar-refractivity contribution < 1.29 is 9.53 Å². The number of amides is 1. The standard InChI is InChI=1S/C12H22N4O2S/c1-4-14-12-15-10(13)9(19-12)11(17)16(5-2)7-8-18-6-3/h4-8,13H2,1-3H3,(H,14,15). The van der Waals surface area contributed by atoms with Gasteiger partial charge in [-0.1, -0.05) is 11.3 Å². The summed E-state index contributed by atoms with van der Waals surface area (Å²) in [6, 6.07) is 0. The largest absolute Gasteiger partial charge is 0.382 e. The minimum Gasteiger partial charge on any atom is -0.382 e. The van der Waals surface area contributed by atoms with Crippen LogP contribution >= 0.6 is 11.3 Å². The van der Waals surface area contributed by atoms with Crippen LogP contribution in [-0.2, 0) is 4.74 Å². The van der Waals surface area contributed by atoms with Crippen molar-refractivity contribution in [3.8, 4) is 0 Å². The smallest absolute Gasteiger partial charge is 0.267 e. The summed E-state index contributed by atoms with van der Waals surface area (Å²) in [5.74, 6) is 0.210. The molecule has 0 radical (unpaired) electrons. The topological polar surface area (TPSA) is 80.5 Å². The van der Waals surface area contributed by atoms with Gasteiger partial charge in [-0.05, 0) is 20.8 Å². The molecular weight excluding hydrogens is 264 g/mol. The molecule has 0 aliphatic heterocycles. The summed E-state index contributed by atoms with van der Waals surface area (Å²) in [6.45, 7) is 8.97. The molecule has 0 aliphatic rings. The third-order valence-electron chi connectivity index (χ3n) is 2.55. The van der Waals surface area contributed by atoms with Gasteiger partial charge in [0, 0.05) is 26.2 Å². The molecule has 108 valence electrons. The molecule has 3 N–H and O–H groups in total. The van der Waals surface area contributed by atoms with Gasteiger partial charge in [0.05, 0.1) is 6.61 Å². The number of anilines is 2. The average molecular weight is 286 g/mol. The number of nitrogens with zero attached hydrogens (tertiary/aromatic N) is 2. The predicted octanol–water partition coefficient (Wildman–Crippen LogP) is 1.66. The lowest BCUT2D eigenvalue weighted by Crippen LogP contribution is -2.33. The molecule has 0 atom stereocenters. The third kappa shape index (κ3) is 4.36. The molecule has 1 aromatic rings. The lowest BCUT2D eigenvalue weighted by atomic mass is 10.4. The van der Waals surface area contributed by atoms with E-state index in [4.69, 9.17) is 10.5 Å². The van der Waals surface area contributed by atoms with Crippen molar-refractivity contribution in [3.05, 3.63) is 4.88 Å². The molecule has 1 heterocycles. The van der Waals surface area contributed by atoms with Crippen LogP contribution in [0.2, 0.25) is 0 Å². The summed E-state index contributed by atoms with van der Waals surface area (Å²) in [5.41, 5.74) is 5.80. The zero-order chi connectivity index (χ0) is 14.3. The van der Waals surface area contributed by atoms with Crippen LogP contribution in [0.5, 0.6) is 0 Å². The summed E-state index contributed by atoms with van der Waals surface area (Å²) in [7, 11) is 0. The number of carbonyl (C=O) groups is 1. The summed E-state index contributed by atoms with van der Waals surface area (Å²) in [6.07, 6.45) is 0. The van der Waals surface area contributed by atoms with Crippen LogP contribution in [0.15, 0.2) is 0 Å². The number of nitrogen functional groups attached to an aromatic ring is 1. The first-order chi connectivity index (χ1) is 9.13. The van der Waals surface area contributed by atoms with E-state index in [1.165, 1.54) is 11.3 Å². The first-order valence-electron chi connectivity index (χ1n) is 6.51. The minimum atomic E-state index is -0.0821. The number of hydrogen-bond donors (Lipinski definition) is 2. The molecule has 1 aromatic heterocycles. The molecule has 0 saturated carbocycles. The summed E-state index contributed by atoms with van der Waals surface area (Å²) in [4.78, 5) is 18.7. The molecule has 1 rings (SSSR count). The maximum atomic E-state index is 12.3. The number of hydrogen-bond acceptors (Lipinski definition) is 6. The Morgan fingerprint density at radius 3 is 2.79 bits per heavy atom. The van der Waals surface area contributed by atoms with Gasteiger partial charge < -0.3 is 20.7 Å². The molecule has 1 amide bonds. The molecule has 0 fully saturated rings. The molecular formula is C12H22N4O2S. The molecule has 0 saturated heterocycles. The van der Waals surface area contributed by atoms with E-state index in [2.05, 4.69) is 10.3 Å². The van der Waals surface area contributed by atoms with Crippen LogP contribution < -0.4 is 11.1 Å². The lowest BCUT2D eigenvalue weighted by molar-refractivity contribution is 0.0674. The number of carbonyl (C=O) groups excluding carboxylic acids is 1. The van der Waals surface area contributed by atoms with Crippen molar-refractivity contribution in [1.82, 2.24) is 9.88 Å². The Balaban J connectivity index is 2.73. The second-order valence-corrected chi connectivity index (χ2v) is 4.84. The third-order valence-corrected chi connectivity index (χ3v) is 3.57. The number of aromatic nitrogens is 1. The van der Waals surface area contributed by atoms with Crippen molar-refractivity contribution in [1.29, 1.82) is 0 Å². The number of ether oxygens (including phenoxy) is 1. The fourth-order valence-corrected chi connectivity index (χ4v) is 2.50. The fourth-order valence-electron chi connectivity index (χ4n) is 1.58. The predicted molar refractivity (Wildman–Crippen MR) is 78.8 cm³/mol. The molecule has 0 spiro atoms. The Morgan fingerprint density at radius 2 is 2.21 bits per heavy atom. The maximum Gasteiger partial charge on any atom is 0.267 e. The molecule has 19 heavy (non-hydrogen) atoms. The van der Waals surface area contributed by atoms with E-state index in [0.29, 0.717) is 42.1 Å². The number of likely N-dealkylation sites (N-methyl/N-ethyl adjacent to an activating group) is 1. The van der Waals surface area contributed by atoms with E-state index in [1.54, 1.807) is 4.90 Å². The molecule has 0 bridgehead atoms. The average Bonchev–Trinajstić information content (AvgIpc) is 2.75. The fraction of sp³-hybridized carbons (Fsp3) is 0.667. The van der Waals surface area contributed by atoms with Crippen LogP contribution in [0, 0.1) is 0 Å². The quantitative estimate of drug-likeness (QED) is 0.710. The van der Waals surface area contributed by atoms with Crippen LogP contribution in [0.25, 0.3) is 0 Å². The van der Waals surface area contributed by atoms with E-state index in [0.717, 1.165) is 6.54 Å². The van der Waals surface area contributed by atoms with Gasteiger partial charge in [0.15, 0.2) is 5.13 Å². The highest BCUT2D eigenvalue weighted by molar-refractivity contribution is 7.18. The second kappa shape index (κ2) is 7.96. The Kier molecular flexibility index (Phi) is 6.58. The number of nitrogens with one attached hydrogen (secondary N) is 1. The lowest BCUT2D eigenvalue weighted by Gasteiger charge is -2.19. The zero-order valence-electron chi connectivity index (χ0n) is 11.7. The van der Waals surface area contributed by atoms with Crippen LogP contribution in [-0.4, -0.2) is 48.6 Å². The van der Waals surface area contributed by atoms with E-state index < -0.39 is 0 Å². The highest BCUT2D eigenvalue weighted by Crippen LogP contribution is 2.26. The summed E-state index contributed by atoms with van der Waals surface area (Å²) >= 11 is 1.30. The molecule has 7 heteroatoms. The molecule has 0 aliphatic carbocycles. The van der Waals surface area contributed by atoms with Gasteiger partial charge in [0.2, 0.25) is 0 Å². The van der Waals surface area contributed by atoms with E-state index >= 15 is 0 Å². The van der Waals surface area contributed by atoms with Crippen LogP contribution in [0.4, 0.5) is 10.9 Å². The van der Waals surface area contributed by atoms with Gasteiger partial charge >= 0.3 is 0 Å². The van der Waals surface area contributed by atoms with Crippen molar-refractivity contribution in [2.24, 2.45) is 0 Å². The van der Waals surface area contributed by atoms with E-state index in [-0.39, 0.29) is 5.91 Å². The first kappa shape index (κ1) is 15.7. The second-order valence-electron chi connectivity index (χ2n) is 3.85. The maximum absolute atomic E-state index is 12.3. The Hall–Kier alpha value is -1.34. The SMILES string of the molecule is CCNc1nc(N)c(C(=O)N(CC)CCOCC)s1. The monoisotopic (exact) mass is 286 g/mol. The van der Waals surface area contributed by atoms with E-state index in [1.807, 2.05) is 20.8 Å². The summed E-state index contributed by atoms with van der Waals surface area (Å²) < 4.78 is 5.28. The van der Waals surface area contributed by atoms with Crippen molar-refractivity contribution in [2.45, 2.75) is 20.8 Å². The Bertz CT molecular complexity index is 408. The number of nitrogens with two attached hydrogens (primary N) is 1. The Morgan fingerprint density at radius 1 is 1.47 bits per heavy atom. The highest BCUT2D eigenvalue weighted by Gasteiger charge is 2.20. The van der Waals surface area contributed by atoms with Crippen molar-refractivity contribution in [2.75, 3.05) is 43.9 Å². The van der Waals surface area contributed by atoms with Crippen LogP contribution in [0.1, 0.15) is 30.4 Å². The normalized spacial score (nSPS) is 10.5. The summed E-state index contributed by atoms with van der Waals surface area (Å²) in [5, 5.41) is 3.75. The minimum absolute atomic E-state index is 0.0821. The van der Waals surface area contributed by atoms with E-state index in [9.17, 15) is 4.79 Å². The van der Waals surface area contributed by atoms with Gasteiger partial charge in [0.25, 0.3) is 5.91 Å². The van der Waals surface area contributed by atoms with Crippen LogP contribution in [0.3, 0.4) is 0 Å². The first-order valence-corrected chi connectivity index (χ1v) is 7.32. The van der Waals surface area contributed by atoms with Gasteiger partial charge in [0.1, 0.15) is 10.7 Å². The number of thiazole rings is 1. The van der Waals surface area contributed by atoms with Gasteiger partial charge in [-0.3, -0.25) is 4.79 Å². The Labute approximate surface area is 118 Å². The molecule has 6 nitrogen and oxygen atoms in total. The zero-order valence-corrected chi connectivity index (χ0v) is 12.5. The van der Waals surface area contributed by atoms with Gasteiger partial charge in [-0.2, -0.15) is 0 Å². The van der Waals surface area contributed by atoms with Crippen molar-refractivity contribution >= 4 is 28.2 Å².